The number of aromatic nitrogens is 2. The Balaban J connectivity index is 1.17. The fraction of sp³-hybridized carbons (Fsp3) is 0.481. The summed E-state index contributed by atoms with van der Waals surface area (Å²) in [6, 6.07) is 20.0. The van der Waals surface area contributed by atoms with Crippen LogP contribution in [0.25, 0.3) is 21.8 Å². The average molecular weight is 962 g/mol. The van der Waals surface area contributed by atoms with Gasteiger partial charge in [0.2, 0.25) is 23.6 Å². The first-order valence-electron chi connectivity index (χ1n) is 24.6. The lowest BCUT2D eigenvalue weighted by atomic mass is 9.92. The summed E-state index contributed by atoms with van der Waals surface area (Å²) in [5.41, 5.74) is 4.15. The summed E-state index contributed by atoms with van der Waals surface area (Å²) in [5, 5.41) is 16.5. The maximum absolute atomic E-state index is 14.5. The van der Waals surface area contributed by atoms with Crippen molar-refractivity contribution in [3.05, 3.63) is 108 Å². The van der Waals surface area contributed by atoms with Crippen LogP contribution in [0, 0.1) is 17.8 Å². The summed E-state index contributed by atoms with van der Waals surface area (Å²) >= 11 is 0. The van der Waals surface area contributed by atoms with Gasteiger partial charge in [0, 0.05) is 47.0 Å². The molecule has 376 valence electrons. The van der Waals surface area contributed by atoms with Gasteiger partial charge in [-0.2, -0.15) is 0 Å². The highest BCUT2D eigenvalue weighted by Gasteiger charge is 2.38. The maximum atomic E-state index is 14.5. The molecule has 1 fully saturated rings. The van der Waals surface area contributed by atoms with Crippen molar-refractivity contribution in [2.75, 3.05) is 7.11 Å². The Bertz CT molecular complexity index is 2540. The van der Waals surface area contributed by atoms with Gasteiger partial charge >= 0.3 is 12.1 Å². The molecule has 6 rings (SSSR count). The van der Waals surface area contributed by atoms with E-state index in [0.29, 0.717) is 38.5 Å². The van der Waals surface area contributed by atoms with Crippen LogP contribution >= 0.6 is 0 Å². The summed E-state index contributed by atoms with van der Waals surface area (Å²) in [6.07, 6.45) is 4.29. The van der Waals surface area contributed by atoms with Crippen LogP contribution in [0.2, 0.25) is 0 Å². The Morgan fingerprint density at radius 3 is 1.69 bits per heavy atom. The minimum absolute atomic E-state index is 0.00264. The van der Waals surface area contributed by atoms with E-state index in [1.54, 1.807) is 0 Å². The molecule has 0 spiro atoms. The van der Waals surface area contributed by atoms with E-state index in [0.717, 1.165) is 38.5 Å². The van der Waals surface area contributed by atoms with E-state index < -0.39 is 78.1 Å². The van der Waals surface area contributed by atoms with Gasteiger partial charge in [0.25, 0.3) is 0 Å². The van der Waals surface area contributed by atoms with Crippen molar-refractivity contribution in [1.82, 2.24) is 36.6 Å². The first-order valence-corrected chi connectivity index (χ1v) is 24.6. The molecule has 0 bridgehead atoms. The van der Waals surface area contributed by atoms with Crippen LogP contribution in [-0.4, -0.2) is 95.2 Å². The van der Waals surface area contributed by atoms with E-state index in [1.165, 1.54) is 7.11 Å². The third kappa shape index (κ3) is 14.9. The number of rotatable bonds is 23. The molecule has 0 unspecified atom stereocenters. The van der Waals surface area contributed by atoms with E-state index in [-0.39, 0.29) is 37.2 Å². The second-order valence-corrected chi connectivity index (χ2v) is 19.7. The lowest BCUT2D eigenvalue weighted by Crippen LogP contribution is -2.58. The number of nitrogens with one attached hydrogen (secondary N) is 7. The summed E-state index contributed by atoms with van der Waals surface area (Å²) in [4.78, 5) is 89.7. The maximum Gasteiger partial charge on any atom is 0.408 e. The number of H-pyrrole nitrogens is 2. The standard InChI is InChI=1S/C54H71N7O9/c1-32(2)24-42(47-22-15-23-48(70-47)52(65)59-44(27-36-29-55-40-20-13-11-18-38(36)40)50(63)60-46(26-34(5)6)53(66)68-7)57-49(62)43(25-33(3)4)58-51(64)45(28-37-30-56-41-21-14-12-19-39(37)41)61-54(67)69-31-35-16-9-8-10-17-35/h8-14,16-21,29-30,32-34,42-48,55-56H,15,22-28,31H2,1-7H3,(H,57,62)(H,58,64)(H,59,65)(H,60,63)(H,61,67)/t42-,43+,44-,45-,46+,47-,48+/m0/s1. The molecule has 16 heteroatoms. The van der Waals surface area contributed by atoms with Gasteiger partial charge in [0.1, 0.15) is 36.9 Å². The Morgan fingerprint density at radius 2 is 1.11 bits per heavy atom. The molecule has 16 nitrogen and oxygen atoms in total. The van der Waals surface area contributed by atoms with Crippen LogP contribution in [0.3, 0.4) is 0 Å². The highest BCUT2D eigenvalue weighted by atomic mass is 16.5. The normalized spacial score (nSPS) is 17.1. The Labute approximate surface area is 410 Å². The largest absolute Gasteiger partial charge is 0.467 e. The molecular weight excluding hydrogens is 891 g/mol. The van der Waals surface area contributed by atoms with E-state index in [2.05, 4.69) is 36.6 Å². The fourth-order valence-electron chi connectivity index (χ4n) is 9.14. The molecule has 0 aliphatic carbocycles. The van der Waals surface area contributed by atoms with Gasteiger partial charge in [-0.1, -0.05) is 108 Å². The predicted octanol–water partition coefficient (Wildman–Crippen LogP) is 6.92. The van der Waals surface area contributed by atoms with Crippen LogP contribution in [0.15, 0.2) is 91.3 Å². The van der Waals surface area contributed by atoms with Crippen molar-refractivity contribution in [1.29, 1.82) is 0 Å². The highest BCUT2D eigenvalue weighted by molar-refractivity contribution is 5.94. The Hall–Kier alpha value is -6.68. The van der Waals surface area contributed by atoms with Crippen LogP contribution < -0.4 is 26.6 Å². The van der Waals surface area contributed by atoms with Crippen LogP contribution in [0.1, 0.15) is 96.8 Å². The number of aromatic amines is 2. The predicted molar refractivity (Wildman–Crippen MR) is 268 cm³/mol. The summed E-state index contributed by atoms with van der Waals surface area (Å²) in [5.74, 6) is -2.39. The van der Waals surface area contributed by atoms with Gasteiger partial charge in [-0.05, 0) is 85.1 Å². The zero-order valence-corrected chi connectivity index (χ0v) is 41.5. The molecule has 1 aliphatic rings. The van der Waals surface area contributed by atoms with Gasteiger partial charge in [0.05, 0.1) is 19.3 Å². The Kier molecular flexibility index (Phi) is 19.0. The smallest absolute Gasteiger partial charge is 0.408 e. The monoisotopic (exact) mass is 962 g/mol. The van der Waals surface area contributed by atoms with Gasteiger partial charge in [0.15, 0.2) is 0 Å². The molecule has 7 N–H and O–H groups in total. The van der Waals surface area contributed by atoms with Crippen molar-refractivity contribution >= 4 is 57.5 Å². The van der Waals surface area contributed by atoms with Crippen LogP contribution in [0.5, 0.6) is 0 Å². The van der Waals surface area contributed by atoms with Crippen molar-refractivity contribution in [2.45, 2.75) is 142 Å². The first kappa shape index (κ1) is 52.7. The molecule has 70 heavy (non-hydrogen) atoms. The number of alkyl carbamates (subject to hydrolysis) is 1. The fourth-order valence-corrected chi connectivity index (χ4v) is 9.14. The number of benzene rings is 3. The number of hydrogen-bond acceptors (Lipinski definition) is 9. The number of hydrogen-bond donors (Lipinski definition) is 7. The minimum Gasteiger partial charge on any atom is -0.467 e. The number of carbonyl (C=O) groups is 6. The lowest BCUT2D eigenvalue weighted by Gasteiger charge is -2.37. The van der Waals surface area contributed by atoms with E-state index in [1.807, 2.05) is 133 Å². The van der Waals surface area contributed by atoms with E-state index in [9.17, 15) is 28.8 Å². The third-order valence-corrected chi connectivity index (χ3v) is 12.6. The van der Waals surface area contributed by atoms with Crippen molar-refractivity contribution < 1.29 is 43.0 Å². The SMILES string of the molecule is COC(=O)[C@@H](CC(C)C)NC(=O)[C@H](Cc1c[nH]c2ccccc12)NC(=O)[C@H]1CCC[C@@H]([C@H](CC(C)C)NC(=O)[C@@H](CC(C)C)NC(=O)[C@H](Cc2c[nH]c3ccccc23)NC(=O)OCc2ccccc2)O1. The quantitative estimate of drug-likeness (QED) is 0.0338. The van der Waals surface area contributed by atoms with E-state index in [4.69, 9.17) is 14.2 Å². The van der Waals surface area contributed by atoms with Gasteiger partial charge in [-0.15, -0.1) is 0 Å². The number of fused-ring (bicyclic) bond motifs is 2. The van der Waals surface area contributed by atoms with Crippen molar-refractivity contribution in [3.8, 4) is 0 Å². The molecular formula is C54H71N7O9. The number of ether oxygens (including phenoxy) is 3. The zero-order valence-electron chi connectivity index (χ0n) is 41.5. The van der Waals surface area contributed by atoms with Crippen molar-refractivity contribution in [3.63, 3.8) is 0 Å². The molecule has 1 aliphatic heterocycles. The molecule has 3 aromatic carbocycles. The number of amides is 5. The van der Waals surface area contributed by atoms with Crippen LogP contribution in [-0.2, 0) is 57.6 Å². The topological polar surface area (TPSA) is 222 Å². The first-order chi connectivity index (χ1) is 33.6. The molecule has 3 heterocycles. The molecule has 5 amide bonds. The summed E-state index contributed by atoms with van der Waals surface area (Å²) in [7, 11) is 1.27. The number of carbonyl (C=O) groups excluding carboxylic acids is 6. The highest BCUT2D eigenvalue weighted by Crippen LogP contribution is 2.26. The third-order valence-electron chi connectivity index (χ3n) is 12.6. The zero-order chi connectivity index (χ0) is 50.3. The van der Waals surface area contributed by atoms with Gasteiger partial charge in [-0.3, -0.25) is 19.2 Å². The molecule has 0 saturated carbocycles. The molecule has 0 radical (unpaired) electrons. The number of esters is 1. The minimum atomic E-state index is -1.10. The number of para-hydroxylation sites is 2. The Morgan fingerprint density at radius 1 is 0.600 bits per heavy atom. The second-order valence-electron chi connectivity index (χ2n) is 19.7. The van der Waals surface area contributed by atoms with Gasteiger partial charge < -0.3 is 50.8 Å². The summed E-state index contributed by atoms with van der Waals surface area (Å²) in [6.45, 7) is 11.9. The lowest BCUT2D eigenvalue weighted by molar-refractivity contribution is -0.148. The molecule has 1 saturated heterocycles. The molecule has 5 aromatic rings. The summed E-state index contributed by atoms with van der Waals surface area (Å²) < 4.78 is 17.1. The van der Waals surface area contributed by atoms with Crippen molar-refractivity contribution in [2.24, 2.45) is 17.8 Å². The molecule has 7 atom stereocenters. The average Bonchev–Trinajstić information content (AvgIpc) is 3.95. The van der Waals surface area contributed by atoms with Gasteiger partial charge in [-0.25, -0.2) is 9.59 Å². The van der Waals surface area contributed by atoms with E-state index >= 15 is 0 Å². The molecule has 2 aromatic heterocycles. The second kappa shape index (κ2) is 25.3. The van der Waals surface area contributed by atoms with Crippen LogP contribution in [0.4, 0.5) is 4.79 Å². The number of methoxy groups -OCH3 is 1.